The Bertz CT molecular complexity index is 832. The fourth-order valence-corrected chi connectivity index (χ4v) is 5.25. The minimum atomic E-state index is -3.51. The van der Waals surface area contributed by atoms with E-state index in [1.165, 1.54) is 0 Å². The third-order valence-electron chi connectivity index (χ3n) is 6.11. The third kappa shape index (κ3) is 7.02. The fraction of sp³-hybridized carbons (Fsp3) is 0.636. The zero-order valence-electron chi connectivity index (χ0n) is 18.0. The van der Waals surface area contributed by atoms with E-state index in [9.17, 15) is 18.0 Å². The van der Waals surface area contributed by atoms with Gasteiger partial charge in [0.25, 0.3) is 0 Å². The Morgan fingerprint density at radius 3 is 2.42 bits per heavy atom. The highest BCUT2D eigenvalue weighted by Gasteiger charge is 2.29. The minimum Gasteiger partial charge on any atom is -0.376 e. The Morgan fingerprint density at radius 1 is 1.06 bits per heavy atom. The molecule has 0 bridgehead atoms. The smallest absolute Gasteiger partial charge is 0.242 e. The van der Waals surface area contributed by atoms with Crippen LogP contribution < -0.4 is 15.4 Å². The molecule has 1 aliphatic carbocycles. The standard InChI is InChI=1S/C22H33N3O5S/c1-16(21(26)23-15-19-6-5-13-30-19)25-22(27)18-11-9-17(10-12-18)14-24-31(28,29)20-7-3-2-4-8-20/h2-4,7-8,16-19,24H,5-6,9-15H2,1H3,(H,23,26)(H,25,27)/t16-,17?,18?,19-/m1/s1. The van der Waals surface area contributed by atoms with Crippen LogP contribution in [0.5, 0.6) is 0 Å². The molecule has 0 unspecified atom stereocenters. The maximum absolute atomic E-state index is 12.6. The summed E-state index contributed by atoms with van der Waals surface area (Å²) in [7, 11) is -3.51. The van der Waals surface area contributed by atoms with E-state index in [-0.39, 0.29) is 34.6 Å². The normalized spacial score (nSPS) is 25.0. The van der Waals surface area contributed by atoms with Crippen molar-refractivity contribution in [1.29, 1.82) is 0 Å². The lowest BCUT2D eigenvalue weighted by atomic mass is 9.81. The van der Waals surface area contributed by atoms with Gasteiger partial charge in [-0.15, -0.1) is 0 Å². The topological polar surface area (TPSA) is 114 Å². The van der Waals surface area contributed by atoms with Gasteiger partial charge in [0.1, 0.15) is 6.04 Å². The maximum Gasteiger partial charge on any atom is 0.242 e. The first-order chi connectivity index (χ1) is 14.8. The largest absolute Gasteiger partial charge is 0.376 e. The summed E-state index contributed by atoms with van der Waals surface area (Å²) < 4.78 is 32.9. The van der Waals surface area contributed by atoms with E-state index in [0.29, 0.717) is 25.9 Å². The lowest BCUT2D eigenvalue weighted by molar-refractivity contribution is -0.131. The van der Waals surface area contributed by atoms with Crippen LogP contribution in [0.1, 0.15) is 45.4 Å². The molecule has 172 valence electrons. The van der Waals surface area contributed by atoms with Gasteiger partial charge in [-0.05, 0) is 63.5 Å². The number of rotatable bonds is 9. The van der Waals surface area contributed by atoms with Crippen LogP contribution in [0.3, 0.4) is 0 Å². The van der Waals surface area contributed by atoms with Crippen LogP contribution >= 0.6 is 0 Å². The summed E-state index contributed by atoms with van der Waals surface area (Å²) >= 11 is 0. The van der Waals surface area contributed by atoms with E-state index in [2.05, 4.69) is 15.4 Å². The van der Waals surface area contributed by atoms with Gasteiger partial charge in [-0.25, -0.2) is 13.1 Å². The van der Waals surface area contributed by atoms with Crippen molar-refractivity contribution in [3.8, 4) is 0 Å². The van der Waals surface area contributed by atoms with Crippen LogP contribution in [0.15, 0.2) is 35.2 Å². The zero-order valence-corrected chi connectivity index (χ0v) is 18.8. The van der Waals surface area contributed by atoms with Crippen LogP contribution in [0.4, 0.5) is 0 Å². The SMILES string of the molecule is C[C@@H](NC(=O)C1CCC(CNS(=O)(=O)c2ccccc2)CC1)C(=O)NC[C@H]1CCCO1. The molecule has 3 N–H and O–H groups in total. The molecule has 2 amide bonds. The van der Waals surface area contributed by atoms with Crippen molar-refractivity contribution in [1.82, 2.24) is 15.4 Å². The molecule has 3 rings (SSSR count). The second-order valence-corrected chi connectivity index (χ2v) is 10.3. The molecule has 1 aliphatic heterocycles. The number of hydrogen-bond acceptors (Lipinski definition) is 5. The van der Waals surface area contributed by atoms with Gasteiger partial charge >= 0.3 is 0 Å². The Morgan fingerprint density at radius 2 is 1.77 bits per heavy atom. The highest BCUT2D eigenvalue weighted by atomic mass is 32.2. The molecular weight excluding hydrogens is 418 g/mol. The zero-order chi connectivity index (χ0) is 22.3. The molecule has 1 aromatic carbocycles. The van der Waals surface area contributed by atoms with Crippen LogP contribution in [0, 0.1) is 11.8 Å². The van der Waals surface area contributed by atoms with Crippen LogP contribution in [0.2, 0.25) is 0 Å². The lowest BCUT2D eigenvalue weighted by Gasteiger charge is -2.28. The van der Waals surface area contributed by atoms with E-state index in [1.54, 1.807) is 37.3 Å². The predicted octanol–water partition coefficient (Wildman–Crippen LogP) is 1.57. The molecule has 0 spiro atoms. The summed E-state index contributed by atoms with van der Waals surface area (Å²) in [6, 6.07) is 7.72. The molecule has 2 aliphatic rings. The van der Waals surface area contributed by atoms with Gasteiger partial charge in [0, 0.05) is 25.6 Å². The highest BCUT2D eigenvalue weighted by molar-refractivity contribution is 7.89. The number of carbonyl (C=O) groups is 2. The van der Waals surface area contributed by atoms with E-state index in [0.717, 1.165) is 32.3 Å². The Labute approximate surface area is 184 Å². The van der Waals surface area contributed by atoms with Crippen molar-refractivity contribution >= 4 is 21.8 Å². The number of nitrogens with one attached hydrogen (secondary N) is 3. The van der Waals surface area contributed by atoms with Crippen molar-refractivity contribution in [3.63, 3.8) is 0 Å². The molecular formula is C22H33N3O5S. The number of hydrogen-bond donors (Lipinski definition) is 3. The summed E-state index contributed by atoms with van der Waals surface area (Å²) in [4.78, 5) is 25.0. The summed E-state index contributed by atoms with van der Waals surface area (Å²) in [5, 5.41) is 5.65. The van der Waals surface area contributed by atoms with Crippen molar-refractivity contribution in [2.45, 2.75) is 62.5 Å². The minimum absolute atomic E-state index is 0.0708. The van der Waals surface area contributed by atoms with Crippen molar-refractivity contribution in [2.75, 3.05) is 19.7 Å². The van der Waals surface area contributed by atoms with Gasteiger partial charge in [-0.3, -0.25) is 9.59 Å². The molecule has 2 fully saturated rings. The van der Waals surface area contributed by atoms with Crippen LogP contribution in [-0.2, 0) is 24.3 Å². The molecule has 1 saturated heterocycles. The number of amides is 2. The Kier molecular flexibility index (Phi) is 8.45. The quantitative estimate of drug-likeness (QED) is 0.527. The molecule has 9 heteroatoms. The van der Waals surface area contributed by atoms with Gasteiger partial charge in [-0.1, -0.05) is 18.2 Å². The Hall–Kier alpha value is -1.97. The number of sulfonamides is 1. The number of carbonyl (C=O) groups excluding carboxylic acids is 2. The molecule has 0 aromatic heterocycles. The van der Waals surface area contributed by atoms with Crippen LogP contribution in [-0.4, -0.2) is 52.1 Å². The molecule has 0 radical (unpaired) electrons. The molecule has 1 heterocycles. The summed E-state index contributed by atoms with van der Waals surface area (Å²) in [6.07, 6.45) is 4.96. The van der Waals surface area contributed by atoms with Crippen molar-refractivity contribution in [3.05, 3.63) is 30.3 Å². The van der Waals surface area contributed by atoms with Gasteiger partial charge < -0.3 is 15.4 Å². The highest BCUT2D eigenvalue weighted by Crippen LogP contribution is 2.29. The van der Waals surface area contributed by atoms with Gasteiger partial charge in [0.05, 0.1) is 11.0 Å². The number of benzene rings is 1. The average Bonchev–Trinajstić information content (AvgIpc) is 3.30. The van der Waals surface area contributed by atoms with Gasteiger partial charge in [0.2, 0.25) is 21.8 Å². The molecule has 1 aromatic rings. The molecule has 2 atom stereocenters. The second-order valence-electron chi connectivity index (χ2n) is 8.49. The van der Waals surface area contributed by atoms with Crippen LogP contribution in [0.25, 0.3) is 0 Å². The Balaban J connectivity index is 1.36. The van der Waals surface area contributed by atoms with Crippen molar-refractivity contribution < 1.29 is 22.7 Å². The summed E-state index contributed by atoms with van der Waals surface area (Å²) in [5.41, 5.74) is 0. The monoisotopic (exact) mass is 451 g/mol. The van der Waals surface area contributed by atoms with Crippen molar-refractivity contribution in [2.24, 2.45) is 11.8 Å². The first kappa shape index (κ1) is 23.7. The summed E-state index contributed by atoms with van der Waals surface area (Å²) in [6.45, 7) is 3.27. The molecule has 31 heavy (non-hydrogen) atoms. The van der Waals surface area contributed by atoms with E-state index >= 15 is 0 Å². The maximum atomic E-state index is 12.6. The van der Waals surface area contributed by atoms with Gasteiger partial charge in [-0.2, -0.15) is 0 Å². The van der Waals surface area contributed by atoms with E-state index < -0.39 is 16.1 Å². The summed E-state index contributed by atoms with van der Waals surface area (Å²) in [5.74, 6) is -0.249. The molecule has 8 nitrogen and oxygen atoms in total. The van der Waals surface area contributed by atoms with E-state index in [1.807, 2.05) is 0 Å². The first-order valence-corrected chi connectivity index (χ1v) is 12.6. The predicted molar refractivity (Wildman–Crippen MR) is 117 cm³/mol. The second kappa shape index (κ2) is 11.1. The number of ether oxygens (including phenoxy) is 1. The average molecular weight is 452 g/mol. The first-order valence-electron chi connectivity index (χ1n) is 11.1. The molecule has 1 saturated carbocycles. The fourth-order valence-electron chi connectivity index (χ4n) is 4.11. The lowest BCUT2D eigenvalue weighted by Crippen LogP contribution is -2.48. The third-order valence-corrected chi connectivity index (χ3v) is 7.55. The van der Waals surface area contributed by atoms with Gasteiger partial charge in [0.15, 0.2) is 0 Å². The van der Waals surface area contributed by atoms with E-state index in [4.69, 9.17) is 4.74 Å².